The van der Waals surface area contributed by atoms with E-state index in [0.717, 1.165) is 38.9 Å². The summed E-state index contributed by atoms with van der Waals surface area (Å²) < 4.78 is 1.78. The molecule has 128 valence electrons. The van der Waals surface area contributed by atoms with Gasteiger partial charge in [-0.1, -0.05) is 29.8 Å². The maximum Gasteiger partial charge on any atom is 0.222 e. The van der Waals surface area contributed by atoms with Crippen molar-refractivity contribution in [3.05, 3.63) is 48.0 Å². The molecule has 0 spiro atoms. The van der Waals surface area contributed by atoms with E-state index in [0.29, 0.717) is 12.3 Å². The number of aryl methyl sites for hydroxylation is 2. The molecule has 0 unspecified atom stereocenters. The fourth-order valence-corrected chi connectivity index (χ4v) is 3.41. The Hall–Kier alpha value is -2.17. The Morgan fingerprint density at radius 2 is 2.12 bits per heavy atom. The second kappa shape index (κ2) is 8.08. The van der Waals surface area contributed by atoms with Gasteiger partial charge in [0.2, 0.25) is 5.91 Å². The highest BCUT2D eigenvalue weighted by molar-refractivity contribution is 5.76. The topological polar surface area (TPSA) is 51.0 Å². The number of aromatic nitrogens is 3. The summed E-state index contributed by atoms with van der Waals surface area (Å²) >= 11 is 0. The zero-order chi connectivity index (χ0) is 16.8. The molecule has 0 radical (unpaired) electrons. The molecular weight excluding hydrogens is 300 g/mol. The lowest BCUT2D eigenvalue weighted by atomic mass is 9.91. The summed E-state index contributed by atoms with van der Waals surface area (Å²) in [6.07, 6.45) is 8.05. The molecule has 1 fully saturated rings. The lowest BCUT2D eigenvalue weighted by molar-refractivity contribution is -0.133. The number of carbonyl (C=O) groups is 1. The van der Waals surface area contributed by atoms with Crippen molar-refractivity contribution < 1.29 is 4.79 Å². The molecule has 1 aliphatic heterocycles. The number of piperidine rings is 1. The first-order chi connectivity index (χ1) is 11.7. The van der Waals surface area contributed by atoms with Gasteiger partial charge in [0.15, 0.2) is 0 Å². The van der Waals surface area contributed by atoms with Gasteiger partial charge in [-0.05, 0) is 44.1 Å². The van der Waals surface area contributed by atoms with Crippen LogP contribution < -0.4 is 0 Å². The Kier molecular flexibility index (Phi) is 5.62. The Balaban J connectivity index is 1.45. The lowest BCUT2D eigenvalue weighted by Crippen LogP contribution is -2.40. The highest BCUT2D eigenvalue weighted by Crippen LogP contribution is 2.22. The van der Waals surface area contributed by atoms with Crippen molar-refractivity contribution in [3.63, 3.8) is 0 Å². The Labute approximate surface area is 143 Å². The van der Waals surface area contributed by atoms with Gasteiger partial charge in [0, 0.05) is 26.1 Å². The largest absolute Gasteiger partial charge is 0.342 e. The fraction of sp³-hybridized carbons (Fsp3) is 0.526. The summed E-state index contributed by atoms with van der Waals surface area (Å²) in [5.41, 5.74) is 2.68. The van der Waals surface area contributed by atoms with Crippen molar-refractivity contribution in [2.45, 2.75) is 45.6 Å². The number of amides is 1. The van der Waals surface area contributed by atoms with Crippen LogP contribution in [0.5, 0.6) is 0 Å². The predicted molar refractivity (Wildman–Crippen MR) is 93.4 cm³/mol. The van der Waals surface area contributed by atoms with Crippen molar-refractivity contribution >= 4 is 5.91 Å². The summed E-state index contributed by atoms with van der Waals surface area (Å²) in [6, 6.07) is 8.78. The SMILES string of the molecule is Cc1ccc(C[C@@H]2CCCN(C(=O)CCCn3cncn3)C2)cc1. The maximum absolute atomic E-state index is 12.4. The van der Waals surface area contributed by atoms with E-state index in [1.165, 1.54) is 23.9 Å². The van der Waals surface area contributed by atoms with Crippen LogP contribution in [0.1, 0.15) is 36.8 Å². The Morgan fingerprint density at radius 3 is 2.88 bits per heavy atom. The van der Waals surface area contributed by atoms with Crippen molar-refractivity contribution in [2.75, 3.05) is 13.1 Å². The average Bonchev–Trinajstić information content (AvgIpc) is 3.10. The van der Waals surface area contributed by atoms with E-state index in [9.17, 15) is 4.79 Å². The van der Waals surface area contributed by atoms with Crippen LogP contribution in [0.2, 0.25) is 0 Å². The standard InChI is InChI=1S/C19H26N4O/c1-16-6-8-17(9-7-16)12-18-4-2-10-22(13-18)19(24)5-3-11-23-15-20-14-21-23/h6-9,14-15,18H,2-5,10-13H2,1H3/t18-/m0/s1. The summed E-state index contributed by atoms with van der Waals surface area (Å²) in [4.78, 5) is 18.4. The van der Waals surface area contributed by atoms with Crippen LogP contribution in [-0.2, 0) is 17.8 Å². The van der Waals surface area contributed by atoms with Gasteiger partial charge < -0.3 is 4.90 Å². The molecule has 2 heterocycles. The van der Waals surface area contributed by atoms with Crippen LogP contribution in [0.4, 0.5) is 0 Å². The first-order valence-electron chi connectivity index (χ1n) is 8.86. The highest BCUT2D eigenvalue weighted by Gasteiger charge is 2.23. The molecular formula is C19H26N4O. The zero-order valence-corrected chi connectivity index (χ0v) is 14.4. The third-order valence-corrected chi connectivity index (χ3v) is 4.76. The van der Waals surface area contributed by atoms with Crippen molar-refractivity contribution in [3.8, 4) is 0 Å². The van der Waals surface area contributed by atoms with Gasteiger partial charge in [-0.15, -0.1) is 0 Å². The number of rotatable bonds is 6. The quantitative estimate of drug-likeness (QED) is 0.820. The monoisotopic (exact) mass is 326 g/mol. The number of likely N-dealkylation sites (tertiary alicyclic amines) is 1. The van der Waals surface area contributed by atoms with Gasteiger partial charge in [0.25, 0.3) is 0 Å². The Morgan fingerprint density at radius 1 is 1.29 bits per heavy atom. The predicted octanol–water partition coefficient (Wildman–Crippen LogP) is 2.85. The van der Waals surface area contributed by atoms with Crippen molar-refractivity contribution in [1.29, 1.82) is 0 Å². The smallest absolute Gasteiger partial charge is 0.222 e. The third kappa shape index (κ3) is 4.66. The minimum Gasteiger partial charge on any atom is -0.342 e. The van der Waals surface area contributed by atoms with Crippen LogP contribution in [-0.4, -0.2) is 38.7 Å². The highest BCUT2D eigenvalue weighted by atomic mass is 16.2. The molecule has 1 amide bonds. The van der Waals surface area contributed by atoms with E-state index in [4.69, 9.17) is 0 Å². The summed E-state index contributed by atoms with van der Waals surface area (Å²) in [5.74, 6) is 0.865. The van der Waals surface area contributed by atoms with Crippen LogP contribution in [0.15, 0.2) is 36.9 Å². The molecule has 0 bridgehead atoms. The minimum absolute atomic E-state index is 0.281. The van der Waals surface area contributed by atoms with Crippen LogP contribution in [0, 0.1) is 12.8 Å². The Bertz CT molecular complexity index is 636. The van der Waals surface area contributed by atoms with Crippen molar-refractivity contribution in [1.82, 2.24) is 19.7 Å². The van der Waals surface area contributed by atoms with E-state index in [1.807, 2.05) is 0 Å². The van der Waals surface area contributed by atoms with E-state index in [-0.39, 0.29) is 5.91 Å². The fourth-order valence-electron chi connectivity index (χ4n) is 3.41. The zero-order valence-electron chi connectivity index (χ0n) is 14.4. The summed E-state index contributed by atoms with van der Waals surface area (Å²) in [5, 5.41) is 4.07. The number of nitrogens with zero attached hydrogens (tertiary/aromatic N) is 4. The molecule has 3 rings (SSSR count). The van der Waals surface area contributed by atoms with Crippen molar-refractivity contribution in [2.24, 2.45) is 5.92 Å². The molecule has 2 aromatic rings. The van der Waals surface area contributed by atoms with Crippen LogP contribution in [0.25, 0.3) is 0 Å². The van der Waals surface area contributed by atoms with Gasteiger partial charge in [0.05, 0.1) is 0 Å². The second-order valence-electron chi connectivity index (χ2n) is 6.80. The van der Waals surface area contributed by atoms with E-state index < -0.39 is 0 Å². The number of carbonyl (C=O) groups excluding carboxylic acids is 1. The molecule has 1 saturated heterocycles. The number of benzene rings is 1. The van der Waals surface area contributed by atoms with E-state index in [1.54, 1.807) is 11.0 Å². The van der Waals surface area contributed by atoms with Crippen LogP contribution >= 0.6 is 0 Å². The maximum atomic E-state index is 12.4. The molecule has 0 N–H and O–H groups in total. The molecule has 24 heavy (non-hydrogen) atoms. The molecule has 1 atom stereocenters. The molecule has 5 nitrogen and oxygen atoms in total. The number of hydrogen-bond acceptors (Lipinski definition) is 3. The average molecular weight is 326 g/mol. The van der Waals surface area contributed by atoms with Gasteiger partial charge in [0.1, 0.15) is 12.7 Å². The molecule has 1 aromatic carbocycles. The normalized spacial score (nSPS) is 17.9. The lowest BCUT2D eigenvalue weighted by Gasteiger charge is -2.33. The molecule has 0 aliphatic carbocycles. The third-order valence-electron chi connectivity index (χ3n) is 4.76. The molecule has 1 aliphatic rings. The summed E-state index contributed by atoms with van der Waals surface area (Å²) in [7, 11) is 0. The second-order valence-corrected chi connectivity index (χ2v) is 6.80. The molecule has 0 saturated carbocycles. The van der Waals surface area contributed by atoms with E-state index in [2.05, 4.69) is 46.2 Å². The van der Waals surface area contributed by atoms with Gasteiger partial charge in [-0.3, -0.25) is 9.48 Å². The molecule has 1 aromatic heterocycles. The first kappa shape index (κ1) is 16.7. The number of hydrogen-bond donors (Lipinski definition) is 0. The van der Waals surface area contributed by atoms with Gasteiger partial charge in [-0.25, -0.2) is 4.98 Å². The van der Waals surface area contributed by atoms with Gasteiger partial charge >= 0.3 is 0 Å². The minimum atomic E-state index is 0.281. The summed E-state index contributed by atoms with van der Waals surface area (Å²) in [6.45, 7) is 4.68. The molecule has 5 heteroatoms. The van der Waals surface area contributed by atoms with Gasteiger partial charge in [-0.2, -0.15) is 5.10 Å². The first-order valence-corrected chi connectivity index (χ1v) is 8.86. The van der Waals surface area contributed by atoms with Crippen LogP contribution in [0.3, 0.4) is 0 Å². The van der Waals surface area contributed by atoms with E-state index >= 15 is 0 Å².